The molecule has 3 rings (SSSR count). The van der Waals surface area contributed by atoms with Gasteiger partial charge in [0.15, 0.2) is 0 Å². The molecule has 0 saturated heterocycles. The first-order chi connectivity index (χ1) is 9.54. The Kier molecular flexibility index (Phi) is 3.24. The molecule has 0 aromatic carbocycles. The van der Waals surface area contributed by atoms with E-state index in [1.165, 1.54) is 12.8 Å². The van der Waals surface area contributed by atoms with Gasteiger partial charge in [0.05, 0.1) is 0 Å². The van der Waals surface area contributed by atoms with Crippen LogP contribution in [0.5, 0.6) is 0 Å². The Morgan fingerprint density at radius 1 is 1.50 bits per heavy atom. The number of fused-ring (bicyclic) bond motifs is 1. The third kappa shape index (κ3) is 2.55. The van der Waals surface area contributed by atoms with Crippen LogP contribution in [-0.4, -0.2) is 33.9 Å². The second-order valence-electron chi connectivity index (χ2n) is 6.08. The van der Waals surface area contributed by atoms with Crippen molar-refractivity contribution in [2.45, 2.75) is 39.2 Å². The first-order valence-corrected chi connectivity index (χ1v) is 7.27. The van der Waals surface area contributed by atoms with Gasteiger partial charge >= 0.3 is 0 Å². The average Bonchev–Trinajstić information content (AvgIpc) is 3.13. The fourth-order valence-corrected chi connectivity index (χ4v) is 2.62. The molecule has 1 N–H and O–H groups in total. The van der Waals surface area contributed by atoms with Crippen LogP contribution >= 0.6 is 0 Å². The summed E-state index contributed by atoms with van der Waals surface area (Å²) in [4.78, 5) is 21.8. The third-order valence-electron chi connectivity index (χ3n) is 4.19. The molecule has 1 unspecified atom stereocenters. The molecule has 1 amide bonds. The van der Waals surface area contributed by atoms with Crippen molar-refractivity contribution in [3.05, 3.63) is 29.6 Å². The SMILES string of the molecule is Cc1cnc2[nH]c(C(=O)N(C)C(C)CC3CC3)cc2c1. The van der Waals surface area contributed by atoms with Gasteiger partial charge < -0.3 is 9.88 Å². The molecule has 20 heavy (non-hydrogen) atoms. The van der Waals surface area contributed by atoms with Gasteiger partial charge in [-0.2, -0.15) is 0 Å². The highest BCUT2D eigenvalue weighted by Gasteiger charge is 2.27. The molecule has 1 saturated carbocycles. The zero-order chi connectivity index (χ0) is 14.3. The number of carbonyl (C=O) groups excluding carboxylic acids is 1. The number of carbonyl (C=O) groups is 1. The Morgan fingerprint density at radius 3 is 2.95 bits per heavy atom. The molecule has 1 aliphatic rings. The summed E-state index contributed by atoms with van der Waals surface area (Å²) in [6.07, 6.45) is 5.57. The van der Waals surface area contributed by atoms with E-state index in [9.17, 15) is 4.79 Å². The minimum Gasteiger partial charge on any atom is -0.338 e. The van der Waals surface area contributed by atoms with Crippen molar-refractivity contribution in [1.82, 2.24) is 14.9 Å². The van der Waals surface area contributed by atoms with Crippen LogP contribution in [0.2, 0.25) is 0 Å². The Morgan fingerprint density at radius 2 is 2.25 bits per heavy atom. The molecule has 0 aliphatic heterocycles. The molecule has 2 aromatic rings. The van der Waals surface area contributed by atoms with Gasteiger partial charge in [0.1, 0.15) is 11.3 Å². The third-order valence-corrected chi connectivity index (χ3v) is 4.19. The average molecular weight is 271 g/mol. The second-order valence-corrected chi connectivity index (χ2v) is 6.08. The zero-order valence-corrected chi connectivity index (χ0v) is 12.3. The monoisotopic (exact) mass is 271 g/mol. The van der Waals surface area contributed by atoms with Crippen molar-refractivity contribution in [2.24, 2.45) is 5.92 Å². The molecule has 1 fully saturated rings. The van der Waals surface area contributed by atoms with Crippen LogP contribution in [0.4, 0.5) is 0 Å². The molecule has 1 aliphatic carbocycles. The summed E-state index contributed by atoms with van der Waals surface area (Å²) in [5.74, 6) is 0.876. The smallest absolute Gasteiger partial charge is 0.270 e. The van der Waals surface area contributed by atoms with Gasteiger partial charge in [-0.25, -0.2) is 4.98 Å². The topological polar surface area (TPSA) is 49.0 Å². The van der Waals surface area contributed by atoms with E-state index in [4.69, 9.17) is 0 Å². The van der Waals surface area contributed by atoms with Crippen LogP contribution in [-0.2, 0) is 0 Å². The van der Waals surface area contributed by atoms with Crippen molar-refractivity contribution in [1.29, 1.82) is 0 Å². The number of hydrogen-bond donors (Lipinski definition) is 1. The van der Waals surface area contributed by atoms with Crippen LogP contribution in [0.15, 0.2) is 18.3 Å². The first kappa shape index (κ1) is 13.2. The normalized spacial score (nSPS) is 16.4. The molecule has 0 spiro atoms. The minimum absolute atomic E-state index is 0.0498. The van der Waals surface area contributed by atoms with E-state index >= 15 is 0 Å². The highest BCUT2D eigenvalue weighted by Crippen LogP contribution is 2.34. The number of aryl methyl sites for hydroxylation is 1. The fraction of sp³-hybridized carbons (Fsp3) is 0.500. The lowest BCUT2D eigenvalue weighted by molar-refractivity contribution is 0.0728. The van der Waals surface area contributed by atoms with E-state index in [2.05, 4.69) is 16.9 Å². The quantitative estimate of drug-likeness (QED) is 0.928. The van der Waals surface area contributed by atoms with E-state index in [0.29, 0.717) is 5.69 Å². The largest absolute Gasteiger partial charge is 0.338 e. The predicted molar refractivity (Wildman–Crippen MR) is 79.7 cm³/mol. The number of pyridine rings is 1. The molecule has 4 nitrogen and oxygen atoms in total. The van der Waals surface area contributed by atoms with Crippen LogP contribution in [0.25, 0.3) is 11.0 Å². The number of hydrogen-bond acceptors (Lipinski definition) is 2. The fourth-order valence-electron chi connectivity index (χ4n) is 2.62. The summed E-state index contributed by atoms with van der Waals surface area (Å²) in [5.41, 5.74) is 2.51. The summed E-state index contributed by atoms with van der Waals surface area (Å²) in [6, 6.07) is 4.23. The summed E-state index contributed by atoms with van der Waals surface area (Å²) in [5, 5.41) is 0.997. The molecule has 0 radical (unpaired) electrons. The lowest BCUT2D eigenvalue weighted by atomic mass is 10.1. The van der Waals surface area contributed by atoms with Gasteiger partial charge in [-0.05, 0) is 43.9 Å². The van der Waals surface area contributed by atoms with Crippen molar-refractivity contribution in [2.75, 3.05) is 7.05 Å². The maximum Gasteiger partial charge on any atom is 0.270 e. The van der Waals surface area contributed by atoms with E-state index < -0.39 is 0 Å². The van der Waals surface area contributed by atoms with Crippen molar-refractivity contribution < 1.29 is 4.79 Å². The van der Waals surface area contributed by atoms with E-state index in [0.717, 1.165) is 28.9 Å². The molecule has 106 valence electrons. The molecule has 0 bridgehead atoms. The van der Waals surface area contributed by atoms with E-state index in [1.54, 1.807) is 0 Å². The standard InChI is InChI=1S/C16H21N3O/c1-10-6-13-8-14(18-15(13)17-9-10)16(20)19(3)11(2)7-12-4-5-12/h6,8-9,11-12H,4-5,7H2,1-3H3,(H,17,18). The van der Waals surface area contributed by atoms with Crippen LogP contribution in [0, 0.1) is 12.8 Å². The van der Waals surface area contributed by atoms with Gasteiger partial charge in [-0.15, -0.1) is 0 Å². The highest BCUT2D eigenvalue weighted by molar-refractivity contribution is 5.97. The predicted octanol–water partition coefficient (Wildman–Crippen LogP) is 3.13. The molecular formula is C16H21N3O. The summed E-state index contributed by atoms with van der Waals surface area (Å²) >= 11 is 0. The van der Waals surface area contributed by atoms with E-state index in [1.807, 2.05) is 37.2 Å². The van der Waals surface area contributed by atoms with Gasteiger partial charge in [-0.1, -0.05) is 12.8 Å². The van der Waals surface area contributed by atoms with Crippen molar-refractivity contribution in [3.8, 4) is 0 Å². The Hall–Kier alpha value is -1.84. The maximum atomic E-state index is 12.5. The highest BCUT2D eigenvalue weighted by atomic mass is 16.2. The van der Waals surface area contributed by atoms with Crippen LogP contribution in [0.1, 0.15) is 42.2 Å². The number of H-pyrrole nitrogens is 1. The molecule has 2 aromatic heterocycles. The number of nitrogens with zero attached hydrogens (tertiary/aromatic N) is 2. The van der Waals surface area contributed by atoms with Gasteiger partial charge in [0.25, 0.3) is 5.91 Å². The summed E-state index contributed by atoms with van der Waals surface area (Å²) in [7, 11) is 1.89. The van der Waals surface area contributed by atoms with Crippen molar-refractivity contribution in [3.63, 3.8) is 0 Å². The lowest BCUT2D eigenvalue weighted by Crippen LogP contribution is -2.35. The van der Waals surface area contributed by atoms with E-state index in [-0.39, 0.29) is 11.9 Å². The Balaban J connectivity index is 1.80. The van der Waals surface area contributed by atoms with Crippen LogP contribution < -0.4 is 0 Å². The van der Waals surface area contributed by atoms with Crippen LogP contribution in [0.3, 0.4) is 0 Å². The first-order valence-electron chi connectivity index (χ1n) is 7.27. The Labute approximate surface area is 119 Å². The van der Waals surface area contributed by atoms with Crippen molar-refractivity contribution >= 4 is 16.9 Å². The molecule has 4 heteroatoms. The molecule has 1 atom stereocenters. The minimum atomic E-state index is 0.0498. The summed E-state index contributed by atoms with van der Waals surface area (Å²) < 4.78 is 0. The molecule has 2 heterocycles. The molecular weight excluding hydrogens is 250 g/mol. The number of amides is 1. The van der Waals surface area contributed by atoms with Gasteiger partial charge in [-0.3, -0.25) is 4.79 Å². The Bertz CT molecular complexity index is 642. The zero-order valence-electron chi connectivity index (χ0n) is 12.3. The second kappa shape index (κ2) is 4.93. The van der Waals surface area contributed by atoms with Gasteiger partial charge in [0.2, 0.25) is 0 Å². The number of nitrogens with one attached hydrogen (secondary N) is 1. The number of aromatic nitrogens is 2. The number of rotatable bonds is 4. The maximum absolute atomic E-state index is 12.5. The summed E-state index contributed by atoms with van der Waals surface area (Å²) in [6.45, 7) is 4.13. The van der Waals surface area contributed by atoms with Gasteiger partial charge in [0, 0.05) is 24.7 Å². The lowest BCUT2D eigenvalue weighted by Gasteiger charge is -2.24. The number of aromatic amines is 1.